The third kappa shape index (κ3) is 5.62. The first-order valence-electron chi connectivity index (χ1n) is 10.2. The number of carbonyl (C=O) groups excluding carboxylic acids is 1. The maximum Gasteiger partial charge on any atom is 0.390 e. The van der Waals surface area contributed by atoms with Gasteiger partial charge in [0.1, 0.15) is 15.8 Å². The SMILES string of the molecule is Cc1nnc(-c2ccc3nnc(CC(=O)C4CCN(CCC(F)(F)F)CC4)cc3c2)s1. The maximum atomic E-state index is 12.7. The molecule has 3 aromatic rings. The molecule has 0 radical (unpaired) electrons. The second kappa shape index (κ2) is 8.96. The third-order valence-electron chi connectivity index (χ3n) is 5.52. The van der Waals surface area contributed by atoms with Crippen LogP contribution in [0.1, 0.15) is 30.0 Å². The molecule has 0 unspecified atom stereocenters. The van der Waals surface area contributed by atoms with Gasteiger partial charge in [-0.2, -0.15) is 23.4 Å². The predicted octanol–water partition coefficient (Wildman–Crippen LogP) is 4.23. The van der Waals surface area contributed by atoms with Crippen LogP contribution >= 0.6 is 11.3 Å². The molecule has 1 aliphatic rings. The zero-order valence-corrected chi connectivity index (χ0v) is 17.8. The van der Waals surface area contributed by atoms with Gasteiger partial charge in [0.2, 0.25) is 0 Å². The van der Waals surface area contributed by atoms with Gasteiger partial charge < -0.3 is 4.90 Å². The monoisotopic (exact) mass is 449 g/mol. The summed E-state index contributed by atoms with van der Waals surface area (Å²) < 4.78 is 37.2. The van der Waals surface area contributed by atoms with Crippen molar-refractivity contribution in [2.45, 2.75) is 38.8 Å². The molecule has 1 fully saturated rings. The van der Waals surface area contributed by atoms with Gasteiger partial charge >= 0.3 is 6.18 Å². The minimum atomic E-state index is -4.14. The number of hydrogen-bond acceptors (Lipinski definition) is 7. The summed E-state index contributed by atoms with van der Waals surface area (Å²) in [6.45, 7) is 2.93. The fourth-order valence-electron chi connectivity index (χ4n) is 3.81. The Labute approximate surface area is 181 Å². The quantitative estimate of drug-likeness (QED) is 0.561. The van der Waals surface area contributed by atoms with E-state index in [-0.39, 0.29) is 24.7 Å². The van der Waals surface area contributed by atoms with Crippen LogP contribution in [0.2, 0.25) is 0 Å². The minimum Gasteiger partial charge on any atom is -0.303 e. The van der Waals surface area contributed by atoms with E-state index in [0.717, 1.165) is 26.5 Å². The third-order valence-corrected chi connectivity index (χ3v) is 6.41. The van der Waals surface area contributed by atoms with E-state index < -0.39 is 12.6 Å². The summed E-state index contributed by atoms with van der Waals surface area (Å²) in [7, 11) is 0. The lowest BCUT2D eigenvalue weighted by Crippen LogP contribution is -2.38. The van der Waals surface area contributed by atoms with Gasteiger partial charge in [-0.3, -0.25) is 4.79 Å². The lowest BCUT2D eigenvalue weighted by Gasteiger charge is -2.31. The van der Waals surface area contributed by atoms with Crippen molar-refractivity contribution in [2.24, 2.45) is 5.92 Å². The topological polar surface area (TPSA) is 71.9 Å². The van der Waals surface area contributed by atoms with Gasteiger partial charge in [-0.05, 0) is 57.1 Å². The smallest absolute Gasteiger partial charge is 0.303 e. The molecule has 1 aliphatic heterocycles. The average molecular weight is 450 g/mol. The highest BCUT2D eigenvalue weighted by Crippen LogP contribution is 2.27. The highest BCUT2D eigenvalue weighted by atomic mass is 32.1. The number of piperidine rings is 1. The molecule has 3 heterocycles. The molecule has 0 amide bonds. The van der Waals surface area contributed by atoms with Crippen LogP contribution in [-0.4, -0.2) is 56.9 Å². The van der Waals surface area contributed by atoms with Crippen molar-refractivity contribution in [2.75, 3.05) is 19.6 Å². The molecule has 0 N–H and O–H groups in total. The normalized spacial score (nSPS) is 16.1. The molecular formula is C21H22F3N5OS. The van der Waals surface area contributed by atoms with E-state index in [1.165, 1.54) is 11.3 Å². The maximum absolute atomic E-state index is 12.7. The summed E-state index contributed by atoms with van der Waals surface area (Å²) in [4.78, 5) is 14.5. The number of nitrogens with zero attached hydrogens (tertiary/aromatic N) is 5. The second-order valence-corrected chi connectivity index (χ2v) is 9.04. The van der Waals surface area contributed by atoms with Crippen molar-refractivity contribution in [3.05, 3.63) is 35.0 Å². The summed E-state index contributed by atoms with van der Waals surface area (Å²) in [5.41, 5.74) is 2.27. The first-order chi connectivity index (χ1) is 14.8. The van der Waals surface area contributed by atoms with Crippen LogP contribution in [-0.2, 0) is 11.2 Å². The van der Waals surface area contributed by atoms with Crippen molar-refractivity contribution in [1.29, 1.82) is 0 Å². The molecule has 31 heavy (non-hydrogen) atoms. The van der Waals surface area contributed by atoms with Gasteiger partial charge in [-0.25, -0.2) is 0 Å². The number of aryl methyl sites for hydroxylation is 1. The largest absolute Gasteiger partial charge is 0.390 e. The summed E-state index contributed by atoms with van der Waals surface area (Å²) in [5.74, 6) is -0.0737. The number of aromatic nitrogens is 4. The molecular weight excluding hydrogens is 427 g/mol. The number of likely N-dealkylation sites (tertiary alicyclic amines) is 1. The van der Waals surface area contributed by atoms with Crippen LogP contribution in [0, 0.1) is 12.8 Å². The lowest BCUT2D eigenvalue weighted by atomic mass is 9.90. The number of alkyl halides is 3. The molecule has 0 atom stereocenters. The fraction of sp³-hybridized carbons (Fsp3) is 0.476. The zero-order chi connectivity index (χ0) is 22.0. The van der Waals surface area contributed by atoms with E-state index in [4.69, 9.17) is 0 Å². The number of carbonyl (C=O) groups is 1. The standard InChI is InChI=1S/C21H22F3N5OS/c1-13-25-28-20(31-13)15-2-3-18-16(10-15)11-17(26-27-18)12-19(30)14-4-7-29(8-5-14)9-6-21(22,23)24/h2-3,10-11,14H,4-9,12H2,1H3. The Bertz CT molecular complexity index is 1080. The Morgan fingerprint density at radius 2 is 1.90 bits per heavy atom. The first kappa shape index (κ1) is 21.8. The summed E-state index contributed by atoms with van der Waals surface area (Å²) in [6.07, 6.45) is -3.61. The second-order valence-electron chi connectivity index (χ2n) is 7.86. The number of hydrogen-bond donors (Lipinski definition) is 0. The van der Waals surface area contributed by atoms with Crippen LogP contribution in [0.15, 0.2) is 24.3 Å². The highest BCUT2D eigenvalue weighted by molar-refractivity contribution is 7.14. The molecule has 1 aromatic carbocycles. The molecule has 0 saturated carbocycles. The van der Waals surface area contributed by atoms with E-state index >= 15 is 0 Å². The van der Waals surface area contributed by atoms with Gasteiger partial charge in [0.05, 0.1) is 24.1 Å². The number of rotatable bonds is 6. The van der Waals surface area contributed by atoms with Crippen LogP contribution in [0.5, 0.6) is 0 Å². The van der Waals surface area contributed by atoms with E-state index in [0.29, 0.717) is 31.6 Å². The van der Waals surface area contributed by atoms with Crippen molar-refractivity contribution >= 4 is 28.0 Å². The Morgan fingerprint density at radius 1 is 1.13 bits per heavy atom. The molecule has 4 rings (SSSR count). The van der Waals surface area contributed by atoms with Gasteiger partial charge in [0.25, 0.3) is 0 Å². The van der Waals surface area contributed by atoms with Crippen LogP contribution in [0.4, 0.5) is 13.2 Å². The number of ketones is 1. The Hall–Kier alpha value is -2.46. The Balaban J connectivity index is 1.38. The Kier molecular flexibility index (Phi) is 6.29. The summed E-state index contributed by atoms with van der Waals surface area (Å²) >= 11 is 1.51. The van der Waals surface area contributed by atoms with Gasteiger partial charge in [-0.15, -0.1) is 10.2 Å². The molecule has 0 aliphatic carbocycles. The van der Waals surface area contributed by atoms with Crippen LogP contribution < -0.4 is 0 Å². The van der Waals surface area contributed by atoms with E-state index in [1.54, 1.807) is 4.90 Å². The number of Topliss-reactive ketones (excluding diaryl/α,β-unsaturated/α-hetero) is 1. The van der Waals surface area contributed by atoms with Crippen molar-refractivity contribution in [3.8, 4) is 10.6 Å². The van der Waals surface area contributed by atoms with Crippen molar-refractivity contribution in [3.63, 3.8) is 0 Å². The molecule has 164 valence electrons. The molecule has 2 aromatic heterocycles. The molecule has 1 saturated heterocycles. The molecule has 10 heteroatoms. The lowest BCUT2D eigenvalue weighted by molar-refractivity contribution is -0.139. The minimum absolute atomic E-state index is 0.00294. The van der Waals surface area contributed by atoms with Gasteiger partial charge in [0, 0.05) is 23.4 Å². The average Bonchev–Trinajstić information content (AvgIpc) is 3.18. The number of fused-ring (bicyclic) bond motifs is 1. The van der Waals surface area contributed by atoms with E-state index in [9.17, 15) is 18.0 Å². The summed E-state index contributed by atoms with van der Waals surface area (Å²) in [5, 5.41) is 19.2. The highest BCUT2D eigenvalue weighted by Gasteiger charge is 2.30. The van der Waals surface area contributed by atoms with Gasteiger partial charge in [0.15, 0.2) is 0 Å². The van der Waals surface area contributed by atoms with E-state index in [1.807, 2.05) is 31.2 Å². The molecule has 0 spiro atoms. The predicted molar refractivity (Wildman–Crippen MR) is 112 cm³/mol. The van der Waals surface area contributed by atoms with Gasteiger partial charge in [-0.1, -0.05) is 11.3 Å². The fourth-order valence-corrected chi connectivity index (χ4v) is 4.49. The van der Waals surface area contributed by atoms with Crippen LogP contribution in [0.25, 0.3) is 21.5 Å². The number of benzene rings is 1. The van der Waals surface area contributed by atoms with Crippen molar-refractivity contribution in [1.82, 2.24) is 25.3 Å². The van der Waals surface area contributed by atoms with Crippen LogP contribution in [0.3, 0.4) is 0 Å². The first-order valence-corrected chi connectivity index (χ1v) is 11.0. The summed E-state index contributed by atoms with van der Waals surface area (Å²) in [6, 6.07) is 7.64. The number of halogens is 3. The Morgan fingerprint density at radius 3 is 2.58 bits per heavy atom. The molecule has 0 bridgehead atoms. The zero-order valence-electron chi connectivity index (χ0n) is 17.0. The molecule has 6 nitrogen and oxygen atoms in total. The van der Waals surface area contributed by atoms with Crippen molar-refractivity contribution < 1.29 is 18.0 Å². The van der Waals surface area contributed by atoms with E-state index in [2.05, 4.69) is 20.4 Å².